The van der Waals surface area contributed by atoms with Crippen molar-refractivity contribution in [1.82, 2.24) is 9.21 Å². The highest BCUT2D eigenvalue weighted by atomic mass is 32.2. The summed E-state index contributed by atoms with van der Waals surface area (Å²) in [4.78, 5) is 14.5. The van der Waals surface area contributed by atoms with E-state index in [2.05, 4.69) is 6.58 Å². The molecule has 1 aliphatic rings. The fourth-order valence-electron chi connectivity index (χ4n) is 3.12. The molecule has 0 radical (unpaired) electrons. The quantitative estimate of drug-likeness (QED) is 0.649. The molecule has 0 unspecified atom stereocenters. The summed E-state index contributed by atoms with van der Waals surface area (Å²) in [5.74, 6) is -0.801. The number of carbonyl (C=O) groups is 1. The molecule has 1 heterocycles. The summed E-state index contributed by atoms with van der Waals surface area (Å²) in [6.07, 6.45) is 1.55. The second-order valence-electron chi connectivity index (χ2n) is 6.61. The van der Waals surface area contributed by atoms with Crippen LogP contribution in [0.2, 0.25) is 0 Å². The molecule has 0 saturated carbocycles. The third kappa shape index (κ3) is 4.90. The molecule has 1 fully saturated rings. The van der Waals surface area contributed by atoms with Crippen LogP contribution in [0.1, 0.15) is 15.9 Å². The number of carbonyl (C=O) groups excluding carboxylic acids is 1. The van der Waals surface area contributed by atoms with Crippen molar-refractivity contribution in [3.05, 3.63) is 78.1 Å². The Morgan fingerprint density at radius 1 is 1.17 bits per heavy atom. The fourth-order valence-corrected chi connectivity index (χ4v) is 4.57. The number of hydrogen-bond donors (Lipinski definition) is 0. The van der Waals surface area contributed by atoms with Gasteiger partial charge in [-0.1, -0.05) is 30.3 Å². The third-order valence-electron chi connectivity index (χ3n) is 4.64. The number of amides is 1. The highest BCUT2D eigenvalue weighted by Gasteiger charge is 2.27. The van der Waals surface area contributed by atoms with E-state index in [1.807, 2.05) is 0 Å². The summed E-state index contributed by atoms with van der Waals surface area (Å²) in [6, 6.07) is 12.1. The van der Waals surface area contributed by atoms with E-state index >= 15 is 0 Å². The average molecular weight is 418 g/mol. The first-order valence-corrected chi connectivity index (χ1v) is 10.7. The minimum absolute atomic E-state index is 0.0506. The molecule has 29 heavy (non-hydrogen) atoms. The SMILES string of the molecule is C=CCN(Cc1ccccc1F)C(=O)c1cccc(S(=O)(=O)N2CCOCC2)c1. The van der Waals surface area contributed by atoms with Crippen LogP contribution in [0, 0.1) is 5.82 Å². The zero-order valence-corrected chi connectivity index (χ0v) is 16.8. The summed E-state index contributed by atoms with van der Waals surface area (Å²) in [5.41, 5.74) is 0.595. The number of hydrogen-bond acceptors (Lipinski definition) is 4. The van der Waals surface area contributed by atoms with Crippen LogP contribution in [0.25, 0.3) is 0 Å². The molecule has 3 rings (SSSR count). The molecule has 0 atom stereocenters. The maximum Gasteiger partial charge on any atom is 0.254 e. The molecule has 2 aromatic carbocycles. The van der Waals surface area contributed by atoms with E-state index in [4.69, 9.17) is 4.74 Å². The lowest BCUT2D eigenvalue weighted by atomic mass is 10.1. The normalized spacial score (nSPS) is 15.1. The highest BCUT2D eigenvalue weighted by molar-refractivity contribution is 7.89. The Morgan fingerprint density at radius 2 is 1.90 bits per heavy atom. The second-order valence-corrected chi connectivity index (χ2v) is 8.55. The van der Waals surface area contributed by atoms with Crippen molar-refractivity contribution >= 4 is 15.9 Å². The first-order valence-electron chi connectivity index (χ1n) is 9.25. The lowest BCUT2D eigenvalue weighted by Crippen LogP contribution is -2.40. The van der Waals surface area contributed by atoms with Gasteiger partial charge in [0.2, 0.25) is 10.0 Å². The predicted molar refractivity (Wildman–Crippen MR) is 107 cm³/mol. The van der Waals surface area contributed by atoms with Crippen molar-refractivity contribution in [1.29, 1.82) is 0 Å². The number of sulfonamides is 1. The Balaban J connectivity index is 1.86. The Morgan fingerprint density at radius 3 is 2.59 bits per heavy atom. The molecule has 6 nitrogen and oxygen atoms in total. The molecule has 2 aromatic rings. The van der Waals surface area contributed by atoms with E-state index in [1.54, 1.807) is 30.3 Å². The zero-order valence-electron chi connectivity index (χ0n) is 16.0. The minimum atomic E-state index is -3.72. The van der Waals surface area contributed by atoms with Gasteiger partial charge < -0.3 is 9.64 Å². The molecule has 1 amide bonds. The van der Waals surface area contributed by atoms with Crippen LogP contribution in [0.3, 0.4) is 0 Å². The van der Waals surface area contributed by atoms with Gasteiger partial charge in [-0.3, -0.25) is 4.79 Å². The lowest BCUT2D eigenvalue weighted by molar-refractivity contribution is 0.0729. The van der Waals surface area contributed by atoms with E-state index in [9.17, 15) is 17.6 Å². The molecule has 0 aromatic heterocycles. The van der Waals surface area contributed by atoms with Crippen LogP contribution in [-0.2, 0) is 21.3 Å². The van der Waals surface area contributed by atoms with E-state index in [0.717, 1.165) is 0 Å². The van der Waals surface area contributed by atoms with Crippen LogP contribution in [-0.4, -0.2) is 56.4 Å². The number of ether oxygens (including phenoxy) is 1. The molecular weight excluding hydrogens is 395 g/mol. The van der Waals surface area contributed by atoms with Gasteiger partial charge in [0, 0.05) is 37.3 Å². The molecular formula is C21H23FN2O4S. The molecule has 154 valence electrons. The van der Waals surface area contributed by atoms with E-state index in [1.165, 1.54) is 33.5 Å². The van der Waals surface area contributed by atoms with Crippen molar-refractivity contribution in [2.75, 3.05) is 32.8 Å². The number of nitrogens with zero attached hydrogens (tertiary/aromatic N) is 2. The van der Waals surface area contributed by atoms with E-state index in [-0.39, 0.29) is 36.6 Å². The van der Waals surface area contributed by atoms with Crippen LogP contribution in [0.4, 0.5) is 4.39 Å². The van der Waals surface area contributed by atoms with Gasteiger partial charge in [-0.25, -0.2) is 12.8 Å². The molecule has 8 heteroatoms. The Labute approximate surface area is 170 Å². The van der Waals surface area contributed by atoms with Gasteiger partial charge in [0.05, 0.1) is 18.1 Å². The van der Waals surface area contributed by atoms with E-state index < -0.39 is 21.7 Å². The molecule has 0 N–H and O–H groups in total. The standard InChI is InChI=1S/C21H23FN2O4S/c1-2-10-23(16-18-6-3-4-9-20(18)22)21(25)17-7-5-8-19(15-17)29(26,27)24-11-13-28-14-12-24/h2-9,15H,1,10-14,16H2. The summed E-state index contributed by atoms with van der Waals surface area (Å²) in [5, 5.41) is 0. The molecule has 0 bridgehead atoms. The predicted octanol–water partition coefficient (Wildman–Crippen LogP) is 2.68. The van der Waals surface area contributed by atoms with E-state index in [0.29, 0.717) is 18.8 Å². The van der Waals surface area contributed by atoms with Gasteiger partial charge in [0.25, 0.3) is 5.91 Å². The highest BCUT2D eigenvalue weighted by Crippen LogP contribution is 2.20. The van der Waals surface area contributed by atoms with Gasteiger partial charge in [-0.05, 0) is 24.3 Å². The third-order valence-corrected chi connectivity index (χ3v) is 6.54. The smallest absolute Gasteiger partial charge is 0.254 e. The van der Waals surface area contributed by atoms with Gasteiger partial charge in [-0.2, -0.15) is 4.31 Å². The average Bonchev–Trinajstić information content (AvgIpc) is 2.75. The molecule has 1 aliphatic heterocycles. The molecule has 0 spiro atoms. The van der Waals surface area contributed by atoms with Crippen molar-refractivity contribution < 1.29 is 22.3 Å². The van der Waals surface area contributed by atoms with Crippen molar-refractivity contribution in [2.45, 2.75) is 11.4 Å². The first-order chi connectivity index (χ1) is 13.9. The maximum absolute atomic E-state index is 14.0. The van der Waals surface area contributed by atoms with Crippen molar-refractivity contribution in [3.8, 4) is 0 Å². The van der Waals surface area contributed by atoms with Gasteiger partial charge in [0.15, 0.2) is 0 Å². The maximum atomic E-state index is 14.0. The van der Waals surface area contributed by atoms with Crippen LogP contribution < -0.4 is 0 Å². The lowest BCUT2D eigenvalue weighted by Gasteiger charge is -2.26. The number of halogens is 1. The van der Waals surface area contributed by atoms with Gasteiger partial charge in [0.1, 0.15) is 5.82 Å². The van der Waals surface area contributed by atoms with Crippen LogP contribution >= 0.6 is 0 Å². The molecule has 1 saturated heterocycles. The van der Waals surface area contributed by atoms with Crippen molar-refractivity contribution in [3.63, 3.8) is 0 Å². The second kappa shape index (κ2) is 9.30. The number of benzene rings is 2. The van der Waals surface area contributed by atoms with Crippen LogP contribution in [0.15, 0.2) is 66.1 Å². The first kappa shape index (κ1) is 21.2. The summed E-state index contributed by atoms with van der Waals surface area (Å²) in [7, 11) is -3.72. The zero-order chi connectivity index (χ0) is 20.9. The summed E-state index contributed by atoms with van der Waals surface area (Å²) in [6.45, 7) is 5.14. The Kier molecular flexibility index (Phi) is 6.79. The topological polar surface area (TPSA) is 66.9 Å². The van der Waals surface area contributed by atoms with Crippen LogP contribution in [0.5, 0.6) is 0 Å². The molecule has 0 aliphatic carbocycles. The van der Waals surface area contributed by atoms with Gasteiger partial charge in [-0.15, -0.1) is 6.58 Å². The Bertz CT molecular complexity index is 988. The fraction of sp³-hybridized carbons (Fsp3) is 0.286. The minimum Gasteiger partial charge on any atom is -0.379 e. The van der Waals surface area contributed by atoms with Crippen molar-refractivity contribution in [2.24, 2.45) is 0 Å². The largest absolute Gasteiger partial charge is 0.379 e. The number of rotatable bonds is 7. The Hall–Kier alpha value is -2.55. The van der Waals surface area contributed by atoms with Gasteiger partial charge >= 0.3 is 0 Å². The summed E-state index contributed by atoms with van der Waals surface area (Å²) < 4.78 is 46.3. The number of morpholine rings is 1. The summed E-state index contributed by atoms with van der Waals surface area (Å²) >= 11 is 0. The monoisotopic (exact) mass is 418 g/mol.